The molecule has 25 heavy (non-hydrogen) atoms. The molecule has 0 saturated carbocycles. The second-order valence-corrected chi connectivity index (χ2v) is 5.25. The van der Waals surface area contributed by atoms with E-state index in [1.54, 1.807) is 42.5 Å². The van der Waals surface area contributed by atoms with Gasteiger partial charge in [-0.05, 0) is 5.56 Å². The van der Waals surface area contributed by atoms with Crippen LogP contribution in [0.3, 0.4) is 0 Å². The average Bonchev–Trinajstić information content (AvgIpc) is 3.10. The molecule has 124 valence electrons. The molecule has 1 heterocycles. The van der Waals surface area contributed by atoms with Crippen LogP contribution in [0.4, 0.5) is 5.69 Å². The summed E-state index contributed by atoms with van der Waals surface area (Å²) in [6.45, 7) is 0.276. The van der Waals surface area contributed by atoms with E-state index in [2.05, 4.69) is 10.3 Å². The predicted octanol–water partition coefficient (Wildman–Crippen LogP) is 2.30. The van der Waals surface area contributed by atoms with Crippen molar-refractivity contribution in [1.82, 2.24) is 15.0 Å². The SMILES string of the molecule is O=C(C(=O)c1cn(Cc2ccc([N+](=O)[O-])cc2)nn1)c1ccccc1. The van der Waals surface area contributed by atoms with Crippen LogP contribution < -0.4 is 0 Å². The van der Waals surface area contributed by atoms with E-state index in [9.17, 15) is 19.7 Å². The summed E-state index contributed by atoms with van der Waals surface area (Å²) >= 11 is 0. The summed E-state index contributed by atoms with van der Waals surface area (Å²) in [6.07, 6.45) is 1.38. The van der Waals surface area contributed by atoms with Gasteiger partial charge in [-0.25, -0.2) is 4.68 Å². The number of ketones is 2. The molecule has 0 unspecified atom stereocenters. The van der Waals surface area contributed by atoms with Gasteiger partial charge in [0.15, 0.2) is 5.69 Å². The molecule has 0 fully saturated rings. The van der Waals surface area contributed by atoms with E-state index in [4.69, 9.17) is 0 Å². The fourth-order valence-electron chi connectivity index (χ4n) is 2.23. The zero-order valence-electron chi connectivity index (χ0n) is 12.9. The van der Waals surface area contributed by atoms with Crippen molar-refractivity contribution in [3.8, 4) is 0 Å². The van der Waals surface area contributed by atoms with Crippen LogP contribution in [0.5, 0.6) is 0 Å². The Kier molecular flexibility index (Phi) is 4.42. The summed E-state index contributed by atoms with van der Waals surface area (Å²) in [5, 5.41) is 18.2. The number of benzene rings is 2. The molecule has 0 saturated heterocycles. The van der Waals surface area contributed by atoms with Crippen molar-refractivity contribution < 1.29 is 14.5 Å². The topological polar surface area (TPSA) is 108 Å². The van der Waals surface area contributed by atoms with Crippen molar-refractivity contribution in [3.05, 3.63) is 87.7 Å². The van der Waals surface area contributed by atoms with Gasteiger partial charge >= 0.3 is 0 Å². The molecule has 3 rings (SSSR count). The third-order valence-corrected chi connectivity index (χ3v) is 3.51. The Morgan fingerprint density at radius 2 is 1.68 bits per heavy atom. The van der Waals surface area contributed by atoms with Crippen LogP contribution in [0.25, 0.3) is 0 Å². The van der Waals surface area contributed by atoms with Gasteiger partial charge in [0.25, 0.3) is 11.5 Å². The number of hydrogen-bond acceptors (Lipinski definition) is 6. The Hall–Kier alpha value is -3.68. The monoisotopic (exact) mass is 336 g/mol. The summed E-state index contributed by atoms with van der Waals surface area (Å²) in [5.41, 5.74) is 0.990. The molecule has 1 aromatic heterocycles. The van der Waals surface area contributed by atoms with Crippen molar-refractivity contribution in [2.24, 2.45) is 0 Å². The van der Waals surface area contributed by atoms with Gasteiger partial charge in [-0.1, -0.05) is 47.7 Å². The summed E-state index contributed by atoms with van der Waals surface area (Å²) in [5.74, 6) is -1.39. The number of carbonyl (C=O) groups excluding carboxylic acids is 2. The molecule has 8 nitrogen and oxygen atoms in total. The molecule has 0 amide bonds. The molecule has 0 aliphatic rings. The van der Waals surface area contributed by atoms with E-state index in [0.29, 0.717) is 0 Å². The van der Waals surface area contributed by atoms with Gasteiger partial charge in [0.1, 0.15) is 0 Å². The highest BCUT2D eigenvalue weighted by atomic mass is 16.6. The van der Waals surface area contributed by atoms with Crippen molar-refractivity contribution in [2.45, 2.75) is 6.54 Å². The van der Waals surface area contributed by atoms with Crippen LogP contribution in [0.2, 0.25) is 0 Å². The number of Topliss-reactive ketones (excluding diaryl/α,β-unsaturated/α-hetero) is 2. The lowest BCUT2D eigenvalue weighted by molar-refractivity contribution is -0.384. The fourth-order valence-corrected chi connectivity index (χ4v) is 2.23. The number of nitro benzene ring substituents is 1. The molecule has 0 bridgehead atoms. The Morgan fingerprint density at radius 1 is 1.00 bits per heavy atom. The summed E-state index contributed by atoms with van der Waals surface area (Å²) in [4.78, 5) is 34.5. The lowest BCUT2D eigenvalue weighted by Gasteiger charge is -2.00. The maximum Gasteiger partial charge on any atom is 0.269 e. The number of rotatable bonds is 6. The van der Waals surface area contributed by atoms with Crippen LogP contribution in [0.1, 0.15) is 26.4 Å². The minimum absolute atomic E-state index is 0.00772. The standard InChI is InChI=1S/C17H12N4O4/c22-16(13-4-2-1-3-5-13)17(23)15-11-20(19-18-15)10-12-6-8-14(9-7-12)21(24)25/h1-9,11H,10H2. The lowest BCUT2D eigenvalue weighted by atomic mass is 10.1. The minimum atomic E-state index is -0.735. The molecule has 0 N–H and O–H groups in total. The smallest absolute Gasteiger partial charge is 0.269 e. The third-order valence-electron chi connectivity index (χ3n) is 3.51. The third kappa shape index (κ3) is 3.63. The summed E-state index contributed by atoms with van der Waals surface area (Å²) in [6, 6.07) is 14.2. The van der Waals surface area contributed by atoms with Crippen LogP contribution in [-0.4, -0.2) is 31.5 Å². The molecule has 0 aliphatic heterocycles. The predicted molar refractivity (Wildman–Crippen MR) is 87.3 cm³/mol. The Labute approximate surface area is 141 Å². The maximum absolute atomic E-state index is 12.2. The highest BCUT2D eigenvalue weighted by molar-refractivity contribution is 6.48. The van der Waals surface area contributed by atoms with Crippen LogP contribution >= 0.6 is 0 Å². The quantitative estimate of drug-likeness (QED) is 0.296. The van der Waals surface area contributed by atoms with Gasteiger partial charge < -0.3 is 0 Å². The number of non-ortho nitro benzene ring substituents is 1. The Balaban J connectivity index is 1.72. The van der Waals surface area contributed by atoms with Crippen molar-refractivity contribution in [2.75, 3.05) is 0 Å². The number of hydrogen-bond donors (Lipinski definition) is 0. The molecule has 8 heteroatoms. The van der Waals surface area contributed by atoms with Crippen molar-refractivity contribution in [1.29, 1.82) is 0 Å². The van der Waals surface area contributed by atoms with Crippen molar-refractivity contribution in [3.63, 3.8) is 0 Å². The highest BCUT2D eigenvalue weighted by Gasteiger charge is 2.21. The van der Waals surface area contributed by atoms with E-state index in [0.717, 1.165) is 5.56 Å². The molecular formula is C17H12N4O4. The summed E-state index contributed by atoms with van der Waals surface area (Å²) < 4.78 is 1.40. The normalized spacial score (nSPS) is 10.4. The number of aromatic nitrogens is 3. The zero-order chi connectivity index (χ0) is 17.8. The van der Waals surface area contributed by atoms with Gasteiger partial charge in [0.2, 0.25) is 5.78 Å². The van der Waals surface area contributed by atoms with Gasteiger partial charge in [-0.3, -0.25) is 19.7 Å². The molecule has 3 aromatic rings. The number of nitrogens with zero attached hydrogens (tertiary/aromatic N) is 4. The van der Waals surface area contributed by atoms with Crippen LogP contribution in [0, 0.1) is 10.1 Å². The van der Waals surface area contributed by atoms with E-state index >= 15 is 0 Å². The molecule has 0 aliphatic carbocycles. The van der Waals surface area contributed by atoms with Gasteiger partial charge in [0, 0.05) is 17.7 Å². The lowest BCUT2D eigenvalue weighted by Crippen LogP contribution is -2.14. The Bertz CT molecular complexity index is 933. The molecule has 2 aromatic carbocycles. The van der Waals surface area contributed by atoms with E-state index < -0.39 is 16.5 Å². The Morgan fingerprint density at radius 3 is 2.32 bits per heavy atom. The van der Waals surface area contributed by atoms with Crippen LogP contribution in [-0.2, 0) is 6.54 Å². The molecular weight excluding hydrogens is 324 g/mol. The second-order valence-electron chi connectivity index (χ2n) is 5.25. The van der Waals surface area contributed by atoms with E-state index in [-0.39, 0.29) is 23.5 Å². The first-order chi connectivity index (χ1) is 12.0. The fraction of sp³-hybridized carbons (Fsp3) is 0.0588. The van der Waals surface area contributed by atoms with Gasteiger partial charge in [-0.15, -0.1) is 5.10 Å². The molecule has 0 spiro atoms. The largest absolute Gasteiger partial charge is 0.285 e. The first-order valence-corrected chi connectivity index (χ1v) is 7.32. The van der Waals surface area contributed by atoms with Gasteiger partial charge in [0.05, 0.1) is 17.7 Å². The summed E-state index contributed by atoms with van der Waals surface area (Å²) in [7, 11) is 0. The van der Waals surface area contributed by atoms with Crippen LogP contribution in [0.15, 0.2) is 60.8 Å². The van der Waals surface area contributed by atoms with Gasteiger partial charge in [-0.2, -0.15) is 0 Å². The number of nitro groups is 1. The molecule has 0 radical (unpaired) electrons. The zero-order valence-corrected chi connectivity index (χ0v) is 12.9. The number of carbonyl (C=O) groups is 2. The van der Waals surface area contributed by atoms with E-state index in [1.165, 1.54) is 23.0 Å². The first kappa shape index (κ1) is 16.2. The maximum atomic E-state index is 12.2. The second kappa shape index (κ2) is 6.83. The highest BCUT2D eigenvalue weighted by Crippen LogP contribution is 2.13. The van der Waals surface area contributed by atoms with E-state index in [1.807, 2.05) is 0 Å². The van der Waals surface area contributed by atoms with Crippen molar-refractivity contribution >= 4 is 17.3 Å². The first-order valence-electron chi connectivity index (χ1n) is 7.32. The molecule has 0 atom stereocenters. The minimum Gasteiger partial charge on any atom is -0.285 e. The average molecular weight is 336 g/mol.